The molecule has 2 heteroatoms. The molecule has 2 nitrogen and oxygen atoms in total. The summed E-state index contributed by atoms with van der Waals surface area (Å²) in [5, 5.41) is 1.13. The minimum atomic E-state index is 0.840. The number of rotatable bonds is 1. The molecule has 0 aliphatic rings. The highest BCUT2D eigenvalue weighted by Gasteiger charge is 1.99. The van der Waals surface area contributed by atoms with Gasteiger partial charge in [0, 0.05) is 11.6 Å². The molecule has 1 aromatic heterocycles. The Labute approximate surface area is 64.8 Å². The third-order valence-corrected chi connectivity index (χ3v) is 1.70. The molecule has 0 spiro atoms. The first-order chi connectivity index (χ1) is 5.42. The highest BCUT2D eigenvalue weighted by Crippen LogP contribution is 2.22. The number of aromatic nitrogens is 1. The molecule has 1 heterocycles. The van der Waals surface area contributed by atoms with Crippen molar-refractivity contribution in [2.24, 2.45) is 0 Å². The average Bonchev–Trinajstić information content (AvgIpc) is 2.50. The Kier molecular flexibility index (Phi) is 1.32. The van der Waals surface area contributed by atoms with Crippen LogP contribution in [0.1, 0.15) is 0 Å². The number of nitrogens with one attached hydrogen (secondary N) is 1. The summed E-state index contributed by atoms with van der Waals surface area (Å²) < 4.78 is 5.12. The Balaban J connectivity index is 2.79. The molecule has 11 heavy (non-hydrogen) atoms. The fourth-order valence-corrected chi connectivity index (χ4v) is 1.16. The van der Waals surface area contributed by atoms with E-state index in [4.69, 9.17) is 4.74 Å². The molecule has 1 aromatic carbocycles. The lowest BCUT2D eigenvalue weighted by atomic mass is 10.2. The van der Waals surface area contributed by atoms with Crippen LogP contribution in [0, 0.1) is 6.07 Å². The van der Waals surface area contributed by atoms with Gasteiger partial charge in [-0.3, -0.25) is 0 Å². The number of benzene rings is 1. The molecule has 0 atom stereocenters. The molecule has 0 bridgehead atoms. The van der Waals surface area contributed by atoms with E-state index in [1.807, 2.05) is 24.4 Å². The van der Waals surface area contributed by atoms with Gasteiger partial charge in [0.05, 0.1) is 12.6 Å². The monoisotopic (exact) mass is 146 g/mol. The molecule has 0 amide bonds. The van der Waals surface area contributed by atoms with Gasteiger partial charge in [-0.2, -0.15) is 0 Å². The van der Waals surface area contributed by atoms with Gasteiger partial charge in [0.25, 0.3) is 0 Å². The summed E-state index contributed by atoms with van der Waals surface area (Å²) in [4.78, 5) is 3.09. The predicted octanol–water partition coefficient (Wildman–Crippen LogP) is 1.98. The summed E-state index contributed by atoms with van der Waals surface area (Å²) >= 11 is 0. The standard InChI is InChI=1S/C9H8NO/c1-11-8-4-2-3-7-5-6-10-9(7)8/h3-6,10H,1H3. The zero-order chi connectivity index (χ0) is 7.68. The fraction of sp³-hybridized carbons (Fsp3) is 0.111. The topological polar surface area (TPSA) is 25.0 Å². The van der Waals surface area contributed by atoms with E-state index in [0.29, 0.717) is 0 Å². The van der Waals surface area contributed by atoms with Crippen molar-refractivity contribution < 1.29 is 4.74 Å². The number of hydrogen-bond donors (Lipinski definition) is 1. The molecule has 0 saturated carbocycles. The van der Waals surface area contributed by atoms with Crippen LogP contribution in [0.3, 0.4) is 0 Å². The van der Waals surface area contributed by atoms with Crippen molar-refractivity contribution in [3.63, 3.8) is 0 Å². The van der Waals surface area contributed by atoms with Crippen molar-refractivity contribution in [3.8, 4) is 5.75 Å². The second-order valence-corrected chi connectivity index (χ2v) is 2.33. The van der Waals surface area contributed by atoms with Crippen LogP contribution in [0.5, 0.6) is 5.75 Å². The third kappa shape index (κ3) is 0.871. The van der Waals surface area contributed by atoms with Gasteiger partial charge in [-0.1, -0.05) is 0 Å². The van der Waals surface area contributed by atoms with Gasteiger partial charge in [-0.15, -0.1) is 0 Å². The molecular formula is C9H8NO. The van der Waals surface area contributed by atoms with Crippen molar-refractivity contribution >= 4 is 10.9 Å². The Morgan fingerprint density at radius 2 is 2.36 bits per heavy atom. The van der Waals surface area contributed by atoms with E-state index in [0.717, 1.165) is 16.7 Å². The minimum absolute atomic E-state index is 0.840. The van der Waals surface area contributed by atoms with Gasteiger partial charge in [0.15, 0.2) is 0 Å². The Bertz CT molecular complexity index is 364. The number of aromatic amines is 1. The maximum absolute atomic E-state index is 5.12. The van der Waals surface area contributed by atoms with Crippen LogP contribution in [0.2, 0.25) is 0 Å². The molecule has 0 saturated heterocycles. The Morgan fingerprint density at radius 3 is 3.18 bits per heavy atom. The summed E-state index contributed by atoms with van der Waals surface area (Å²) in [5.74, 6) is 0.840. The third-order valence-electron chi connectivity index (χ3n) is 1.70. The molecule has 1 N–H and O–H groups in total. The van der Waals surface area contributed by atoms with Crippen molar-refractivity contribution in [2.45, 2.75) is 0 Å². The van der Waals surface area contributed by atoms with Crippen LogP contribution in [0.15, 0.2) is 24.4 Å². The van der Waals surface area contributed by atoms with E-state index in [-0.39, 0.29) is 0 Å². The van der Waals surface area contributed by atoms with Crippen molar-refractivity contribution in [3.05, 3.63) is 30.5 Å². The number of H-pyrrole nitrogens is 1. The lowest BCUT2D eigenvalue weighted by molar-refractivity contribution is 0.419. The van der Waals surface area contributed by atoms with E-state index in [2.05, 4.69) is 11.1 Å². The van der Waals surface area contributed by atoms with E-state index in [1.54, 1.807) is 7.11 Å². The first kappa shape index (κ1) is 6.28. The van der Waals surface area contributed by atoms with Crippen molar-refractivity contribution in [1.29, 1.82) is 0 Å². The van der Waals surface area contributed by atoms with Gasteiger partial charge >= 0.3 is 0 Å². The van der Waals surface area contributed by atoms with E-state index in [1.165, 1.54) is 0 Å². The first-order valence-electron chi connectivity index (χ1n) is 3.43. The smallest absolute Gasteiger partial charge is 0.143 e. The zero-order valence-corrected chi connectivity index (χ0v) is 6.22. The predicted molar refractivity (Wildman–Crippen MR) is 43.7 cm³/mol. The summed E-state index contributed by atoms with van der Waals surface area (Å²) in [6.45, 7) is 0. The van der Waals surface area contributed by atoms with Crippen LogP contribution in [-0.4, -0.2) is 12.1 Å². The molecule has 0 unspecified atom stereocenters. The quantitative estimate of drug-likeness (QED) is 0.653. The van der Waals surface area contributed by atoms with Gasteiger partial charge in [-0.05, 0) is 24.3 Å². The SMILES string of the molecule is COc1c[c]cc2cc[nH]c12. The van der Waals surface area contributed by atoms with E-state index < -0.39 is 0 Å². The number of methoxy groups -OCH3 is 1. The summed E-state index contributed by atoms with van der Waals surface area (Å²) in [7, 11) is 1.66. The molecule has 2 aromatic rings. The average molecular weight is 146 g/mol. The van der Waals surface area contributed by atoms with Gasteiger partial charge < -0.3 is 9.72 Å². The largest absolute Gasteiger partial charge is 0.495 e. The second-order valence-electron chi connectivity index (χ2n) is 2.33. The molecule has 0 aliphatic carbocycles. The van der Waals surface area contributed by atoms with Gasteiger partial charge in [0.1, 0.15) is 5.75 Å². The van der Waals surface area contributed by atoms with E-state index in [9.17, 15) is 0 Å². The van der Waals surface area contributed by atoms with Crippen LogP contribution < -0.4 is 4.74 Å². The van der Waals surface area contributed by atoms with Crippen LogP contribution in [-0.2, 0) is 0 Å². The molecule has 55 valence electrons. The maximum Gasteiger partial charge on any atom is 0.143 e. The highest BCUT2D eigenvalue weighted by molar-refractivity contribution is 5.84. The second kappa shape index (κ2) is 2.31. The van der Waals surface area contributed by atoms with E-state index >= 15 is 0 Å². The zero-order valence-electron chi connectivity index (χ0n) is 6.22. The summed E-state index contributed by atoms with van der Waals surface area (Å²) in [5.41, 5.74) is 1.03. The fourth-order valence-electron chi connectivity index (χ4n) is 1.16. The summed E-state index contributed by atoms with van der Waals surface area (Å²) in [6.07, 6.45) is 1.89. The van der Waals surface area contributed by atoms with Gasteiger partial charge in [-0.25, -0.2) is 0 Å². The Morgan fingerprint density at radius 1 is 1.45 bits per heavy atom. The molecule has 2 rings (SSSR count). The van der Waals surface area contributed by atoms with Gasteiger partial charge in [0.2, 0.25) is 0 Å². The Hall–Kier alpha value is -1.44. The molecule has 0 fully saturated rings. The highest BCUT2D eigenvalue weighted by atomic mass is 16.5. The first-order valence-corrected chi connectivity index (χ1v) is 3.43. The normalized spacial score (nSPS) is 10.3. The maximum atomic E-state index is 5.12. The molecular weight excluding hydrogens is 138 g/mol. The molecule has 1 radical (unpaired) electrons. The van der Waals surface area contributed by atoms with Crippen LogP contribution in [0.25, 0.3) is 10.9 Å². The van der Waals surface area contributed by atoms with Crippen molar-refractivity contribution in [1.82, 2.24) is 4.98 Å². The minimum Gasteiger partial charge on any atom is -0.495 e. The lowest BCUT2D eigenvalue weighted by Gasteiger charge is -1.98. The van der Waals surface area contributed by atoms with Crippen molar-refractivity contribution in [2.75, 3.05) is 7.11 Å². The summed E-state index contributed by atoms with van der Waals surface area (Å²) in [6, 6.07) is 8.73. The number of hydrogen-bond acceptors (Lipinski definition) is 1. The van der Waals surface area contributed by atoms with Crippen LogP contribution in [0.4, 0.5) is 0 Å². The number of fused-ring (bicyclic) bond motifs is 1. The van der Waals surface area contributed by atoms with Crippen LogP contribution >= 0.6 is 0 Å². The molecule has 0 aliphatic heterocycles. The lowest BCUT2D eigenvalue weighted by Crippen LogP contribution is -1.82. The number of ether oxygens (including phenoxy) is 1.